The van der Waals surface area contributed by atoms with E-state index in [1.54, 1.807) is 0 Å². The highest BCUT2D eigenvalue weighted by molar-refractivity contribution is 5.79. The summed E-state index contributed by atoms with van der Waals surface area (Å²) in [5.74, 6) is 1.25. The highest BCUT2D eigenvalue weighted by atomic mass is 16.5. The molecule has 1 aliphatic rings. The lowest BCUT2D eigenvalue weighted by atomic mass is 9.88. The molecule has 5 heteroatoms. The molecule has 3 rings (SSSR count). The molecule has 2 aromatic rings. The van der Waals surface area contributed by atoms with Crippen LogP contribution in [0.15, 0.2) is 28.8 Å². The molecule has 122 valence electrons. The van der Waals surface area contributed by atoms with Gasteiger partial charge < -0.3 is 9.84 Å². The number of hydrogen-bond acceptors (Lipinski definition) is 4. The van der Waals surface area contributed by atoms with E-state index in [9.17, 15) is 4.79 Å². The van der Waals surface area contributed by atoms with Crippen LogP contribution in [-0.2, 0) is 4.79 Å². The number of amides is 1. The van der Waals surface area contributed by atoms with E-state index < -0.39 is 0 Å². The molecular formula is C18H23N3O2. The summed E-state index contributed by atoms with van der Waals surface area (Å²) >= 11 is 0. The van der Waals surface area contributed by atoms with Crippen molar-refractivity contribution < 1.29 is 9.32 Å². The zero-order chi connectivity index (χ0) is 16.2. The smallest absolute Gasteiger partial charge is 0.249 e. The number of hydrogen-bond donors (Lipinski definition) is 1. The summed E-state index contributed by atoms with van der Waals surface area (Å²) in [5, 5.41) is 7.06. The number of carbonyl (C=O) groups excluding carboxylic acids is 1. The molecule has 1 aliphatic carbocycles. The number of carbonyl (C=O) groups is 1. The normalized spacial score (nSPS) is 17.0. The van der Waals surface area contributed by atoms with Gasteiger partial charge in [-0.3, -0.25) is 4.79 Å². The van der Waals surface area contributed by atoms with Crippen molar-refractivity contribution in [3.05, 3.63) is 35.7 Å². The maximum Gasteiger partial charge on any atom is 0.249 e. The second-order valence-corrected chi connectivity index (χ2v) is 6.34. The lowest BCUT2D eigenvalue weighted by Gasteiger charge is -2.22. The molecule has 1 atom stereocenters. The molecule has 0 radical (unpaired) electrons. The Balaban J connectivity index is 1.67. The molecule has 1 amide bonds. The van der Waals surface area contributed by atoms with Crippen LogP contribution in [0, 0.1) is 12.8 Å². The van der Waals surface area contributed by atoms with Gasteiger partial charge >= 0.3 is 0 Å². The van der Waals surface area contributed by atoms with E-state index >= 15 is 0 Å². The second-order valence-electron chi connectivity index (χ2n) is 6.34. The minimum atomic E-state index is -0.269. The first-order valence-corrected chi connectivity index (χ1v) is 8.35. The van der Waals surface area contributed by atoms with E-state index in [-0.39, 0.29) is 17.9 Å². The Kier molecular flexibility index (Phi) is 4.74. The minimum Gasteiger partial charge on any atom is -0.344 e. The quantitative estimate of drug-likeness (QED) is 0.932. The highest BCUT2D eigenvalue weighted by Crippen LogP contribution is 2.25. The highest BCUT2D eigenvalue weighted by Gasteiger charge is 2.24. The van der Waals surface area contributed by atoms with Gasteiger partial charge in [0.1, 0.15) is 6.04 Å². The van der Waals surface area contributed by atoms with Crippen LogP contribution in [0.5, 0.6) is 0 Å². The van der Waals surface area contributed by atoms with Crippen LogP contribution in [0.1, 0.15) is 56.5 Å². The zero-order valence-corrected chi connectivity index (χ0v) is 13.7. The van der Waals surface area contributed by atoms with Crippen LogP contribution < -0.4 is 5.32 Å². The lowest BCUT2D eigenvalue weighted by molar-refractivity contribution is -0.126. The molecule has 0 aliphatic heterocycles. The number of rotatable bonds is 4. The van der Waals surface area contributed by atoms with Gasteiger partial charge in [0.2, 0.25) is 17.6 Å². The predicted octanol–water partition coefficient (Wildman–Crippen LogP) is 3.80. The van der Waals surface area contributed by atoms with Crippen molar-refractivity contribution in [3.63, 3.8) is 0 Å². The van der Waals surface area contributed by atoms with Crippen molar-refractivity contribution in [2.24, 2.45) is 5.92 Å². The Morgan fingerprint density at radius 2 is 2.00 bits per heavy atom. The van der Waals surface area contributed by atoms with Gasteiger partial charge in [0.05, 0.1) is 0 Å². The van der Waals surface area contributed by atoms with Crippen LogP contribution in [-0.4, -0.2) is 16.0 Å². The number of nitrogens with zero attached hydrogens (tertiary/aromatic N) is 2. The molecule has 1 unspecified atom stereocenters. The van der Waals surface area contributed by atoms with Crippen LogP contribution in [0.4, 0.5) is 0 Å². The monoisotopic (exact) mass is 313 g/mol. The first kappa shape index (κ1) is 15.7. The van der Waals surface area contributed by atoms with Crippen molar-refractivity contribution in [2.45, 2.75) is 52.0 Å². The van der Waals surface area contributed by atoms with E-state index in [1.165, 1.54) is 6.42 Å². The van der Waals surface area contributed by atoms with E-state index in [1.807, 2.05) is 38.1 Å². The van der Waals surface area contributed by atoms with Gasteiger partial charge in [0.25, 0.3) is 0 Å². The molecule has 1 heterocycles. The average molecular weight is 313 g/mol. The number of nitrogens with one attached hydrogen (secondary N) is 1. The molecule has 1 saturated carbocycles. The zero-order valence-electron chi connectivity index (χ0n) is 13.7. The molecule has 1 N–H and O–H groups in total. The predicted molar refractivity (Wildman–Crippen MR) is 87.6 cm³/mol. The van der Waals surface area contributed by atoms with Crippen molar-refractivity contribution in [1.82, 2.24) is 15.5 Å². The molecule has 1 aromatic heterocycles. The number of aromatic nitrogens is 2. The molecule has 5 nitrogen and oxygen atoms in total. The van der Waals surface area contributed by atoms with Gasteiger partial charge in [-0.2, -0.15) is 4.98 Å². The fourth-order valence-electron chi connectivity index (χ4n) is 3.10. The topological polar surface area (TPSA) is 68.0 Å². The van der Waals surface area contributed by atoms with Crippen molar-refractivity contribution in [1.29, 1.82) is 0 Å². The largest absolute Gasteiger partial charge is 0.344 e. The molecule has 0 spiro atoms. The third-order valence-corrected chi connectivity index (χ3v) is 4.53. The molecule has 1 aromatic carbocycles. The maximum atomic E-state index is 12.3. The summed E-state index contributed by atoms with van der Waals surface area (Å²) in [6.07, 6.45) is 5.49. The van der Waals surface area contributed by atoms with Crippen LogP contribution >= 0.6 is 0 Å². The summed E-state index contributed by atoms with van der Waals surface area (Å²) in [4.78, 5) is 16.8. The number of aryl methyl sites for hydroxylation is 1. The summed E-state index contributed by atoms with van der Waals surface area (Å²) < 4.78 is 5.35. The third kappa shape index (κ3) is 3.60. The third-order valence-electron chi connectivity index (χ3n) is 4.53. The van der Waals surface area contributed by atoms with Gasteiger partial charge in [0, 0.05) is 11.5 Å². The van der Waals surface area contributed by atoms with E-state index in [0.29, 0.717) is 11.7 Å². The van der Waals surface area contributed by atoms with Crippen molar-refractivity contribution in [2.75, 3.05) is 0 Å². The van der Waals surface area contributed by atoms with Gasteiger partial charge in [-0.15, -0.1) is 0 Å². The molecule has 0 saturated heterocycles. The summed E-state index contributed by atoms with van der Waals surface area (Å²) in [6.45, 7) is 3.90. The fourth-order valence-corrected chi connectivity index (χ4v) is 3.10. The summed E-state index contributed by atoms with van der Waals surface area (Å²) in [5.41, 5.74) is 2.05. The number of benzene rings is 1. The van der Waals surface area contributed by atoms with Crippen LogP contribution in [0.25, 0.3) is 11.4 Å². The minimum absolute atomic E-state index is 0.104. The second kappa shape index (κ2) is 6.94. The maximum absolute atomic E-state index is 12.3. The first-order valence-electron chi connectivity index (χ1n) is 8.35. The molecule has 23 heavy (non-hydrogen) atoms. The van der Waals surface area contributed by atoms with Gasteiger partial charge in [-0.25, -0.2) is 0 Å². The SMILES string of the molecule is Cc1ccccc1-c1noc(C(C)NC(=O)C2CCCCC2)n1. The van der Waals surface area contributed by atoms with Gasteiger partial charge in [-0.05, 0) is 32.3 Å². The van der Waals surface area contributed by atoms with Crippen molar-refractivity contribution >= 4 is 5.91 Å². The average Bonchev–Trinajstić information content (AvgIpc) is 3.06. The lowest BCUT2D eigenvalue weighted by Crippen LogP contribution is -2.33. The Morgan fingerprint density at radius 1 is 1.26 bits per heavy atom. The van der Waals surface area contributed by atoms with Gasteiger partial charge in [-0.1, -0.05) is 48.7 Å². The van der Waals surface area contributed by atoms with Crippen molar-refractivity contribution in [3.8, 4) is 11.4 Å². The molecule has 0 bridgehead atoms. The standard InChI is InChI=1S/C18H23N3O2/c1-12-8-6-7-11-15(12)16-20-18(23-21-16)13(2)19-17(22)14-9-4-3-5-10-14/h6-8,11,13-14H,3-5,9-10H2,1-2H3,(H,19,22). The summed E-state index contributed by atoms with van der Waals surface area (Å²) in [6, 6.07) is 7.64. The first-order chi connectivity index (χ1) is 11.1. The Morgan fingerprint density at radius 3 is 2.74 bits per heavy atom. The van der Waals surface area contributed by atoms with Crippen LogP contribution in [0.3, 0.4) is 0 Å². The Labute approximate surface area is 136 Å². The van der Waals surface area contributed by atoms with Gasteiger partial charge in [0.15, 0.2) is 0 Å². The van der Waals surface area contributed by atoms with E-state index in [4.69, 9.17) is 4.52 Å². The van der Waals surface area contributed by atoms with E-state index in [0.717, 1.165) is 36.8 Å². The Hall–Kier alpha value is -2.17. The molecular weight excluding hydrogens is 290 g/mol. The molecule has 1 fully saturated rings. The fraction of sp³-hybridized carbons (Fsp3) is 0.500. The Bertz CT molecular complexity index is 674. The van der Waals surface area contributed by atoms with E-state index in [2.05, 4.69) is 15.5 Å². The van der Waals surface area contributed by atoms with Crippen LogP contribution in [0.2, 0.25) is 0 Å². The summed E-state index contributed by atoms with van der Waals surface area (Å²) in [7, 11) is 0.